The number of amidine groups is 1. The summed E-state index contributed by atoms with van der Waals surface area (Å²) in [5.41, 5.74) is 5.04. The molecule has 0 aromatic heterocycles. The summed E-state index contributed by atoms with van der Waals surface area (Å²) in [6, 6.07) is 0.0545. The van der Waals surface area contributed by atoms with E-state index in [-0.39, 0.29) is 11.9 Å². The van der Waals surface area contributed by atoms with Gasteiger partial charge in [0.05, 0.1) is 11.6 Å². The number of nitrogens with two attached hydrogens (primary N) is 1. The third kappa shape index (κ3) is 3.47. The Bertz CT molecular complexity index is 228. The fourth-order valence-electron chi connectivity index (χ4n) is 2.27. The predicted octanol–water partition coefficient (Wildman–Crippen LogP) is 0.938. The number of hydrogen-bond acceptors (Lipinski definition) is 3. The maximum Gasteiger partial charge on any atom is 0.108 e. The molecule has 0 bridgehead atoms. The van der Waals surface area contributed by atoms with Gasteiger partial charge < -0.3 is 10.8 Å². The summed E-state index contributed by atoms with van der Waals surface area (Å²) in [6.07, 6.45) is 3.48. The number of hydrogen-bond donors (Lipinski definition) is 3. The molecule has 0 spiro atoms. The Hall–Kier alpha value is -0.610. The van der Waals surface area contributed by atoms with Crippen LogP contribution in [-0.4, -0.2) is 40.6 Å². The van der Waals surface area contributed by atoms with Crippen molar-refractivity contribution in [1.82, 2.24) is 4.90 Å². The first-order valence-electron chi connectivity index (χ1n) is 5.76. The zero-order valence-electron chi connectivity index (χ0n) is 9.79. The quantitative estimate of drug-likeness (QED) is 0.482. The minimum Gasteiger partial charge on any atom is -0.390 e. The molecular weight excluding hydrogens is 190 g/mol. The lowest BCUT2D eigenvalue weighted by atomic mass is 9.98. The molecule has 0 amide bonds. The van der Waals surface area contributed by atoms with E-state index >= 15 is 0 Å². The van der Waals surface area contributed by atoms with Gasteiger partial charge in [-0.3, -0.25) is 10.3 Å². The van der Waals surface area contributed by atoms with Crippen LogP contribution >= 0.6 is 0 Å². The first kappa shape index (κ1) is 12.5. The Morgan fingerprint density at radius 2 is 2.20 bits per heavy atom. The molecule has 4 nitrogen and oxygen atoms in total. The van der Waals surface area contributed by atoms with Gasteiger partial charge in [0.15, 0.2) is 0 Å². The molecule has 1 aliphatic heterocycles. The van der Waals surface area contributed by atoms with Gasteiger partial charge in [-0.2, -0.15) is 0 Å². The van der Waals surface area contributed by atoms with Crippen molar-refractivity contribution in [2.24, 2.45) is 5.73 Å². The molecule has 2 atom stereocenters. The summed E-state index contributed by atoms with van der Waals surface area (Å²) in [5.74, 6) is 0.249. The molecular formula is C11H23N3O. The molecule has 0 aliphatic carbocycles. The molecule has 1 heterocycles. The van der Waals surface area contributed by atoms with Gasteiger partial charge in [0.2, 0.25) is 0 Å². The monoisotopic (exact) mass is 213 g/mol. The predicted molar refractivity (Wildman–Crippen MR) is 62.0 cm³/mol. The van der Waals surface area contributed by atoms with Gasteiger partial charge in [0, 0.05) is 6.54 Å². The molecule has 0 aromatic carbocycles. The van der Waals surface area contributed by atoms with Crippen LogP contribution in [0, 0.1) is 5.41 Å². The van der Waals surface area contributed by atoms with Crippen LogP contribution in [0.4, 0.5) is 0 Å². The van der Waals surface area contributed by atoms with E-state index in [0.717, 1.165) is 38.8 Å². The summed E-state index contributed by atoms with van der Waals surface area (Å²) in [5, 5.41) is 17.5. The van der Waals surface area contributed by atoms with Crippen molar-refractivity contribution in [2.45, 2.75) is 51.2 Å². The van der Waals surface area contributed by atoms with Crippen molar-refractivity contribution in [3.05, 3.63) is 0 Å². The van der Waals surface area contributed by atoms with Crippen molar-refractivity contribution in [1.29, 1.82) is 5.41 Å². The molecule has 0 saturated carbocycles. The molecule has 4 heteroatoms. The van der Waals surface area contributed by atoms with E-state index in [4.69, 9.17) is 11.1 Å². The van der Waals surface area contributed by atoms with Gasteiger partial charge in [-0.15, -0.1) is 0 Å². The highest BCUT2D eigenvalue weighted by Crippen LogP contribution is 2.22. The van der Waals surface area contributed by atoms with Gasteiger partial charge in [-0.1, -0.05) is 6.92 Å². The molecule has 1 rings (SSSR count). The van der Waals surface area contributed by atoms with Gasteiger partial charge >= 0.3 is 0 Å². The SMILES string of the molecule is CCC(C(=N)N)N1CCCC(C)(O)CC1. The van der Waals surface area contributed by atoms with Gasteiger partial charge in [0.1, 0.15) is 5.84 Å². The topological polar surface area (TPSA) is 73.3 Å². The molecule has 0 radical (unpaired) electrons. The van der Waals surface area contributed by atoms with Crippen LogP contribution in [0.15, 0.2) is 0 Å². The zero-order chi connectivity index (χ0) is 11.5. The summed E-state index contributed by atoms with van der Waals surface area (Å²) in [4.78, 5) is 2.23. The summed E-state index contributed by atoms with van der Waals surface area (Å²) in [7, 11) is 0. The van der Waals surface area contributed by atoms with Crippen LogP contribution in [0.2, 0.25) is 0 Å². The maximum atomic E-state index is 9.95. The van der Waals surface area contributed by atoms with Crippen LogP contribution in [0.5, 0.6) is 0 Å². The van der Waals surface area contributed by atoms with E-state index in [0.29, 0.717) is 0 Å². The molecule has 1 aliphatic rings. The highest BCUT2D eigenvalue weighted by atomic mass is 16.3. The smallest absolute Gasteiger partial charge is 0.108 e. The number of likely N-dealkylation sites (tertiary alicyclic amines) is 1. The van der Waals surface area contributed by atoms with Crippen LogP contribution in [0.1, 0.15) is 39.5 Å². The van der Waals surface area contributed by atoms with E-state index in [1.165, 1.54) is 0 Å². The van der Waals surface area contributed by atoms with E-state index in [1.54, 1.807) is 0 Å². The second-order valence-corrected chi connectivity index (χ2v) is 4.77. The van der Waals surface area contributed by atoms with Crippen LogP contribution in [0.25, 0.3) is 0 Å². The molecule has 1 saturated heterocycles. The second-order valence-electron chi connectivity index (χ2n) is 4.77. The summed E-state index contributed by atoms with van der Waals surface area (Å²) < 4.78 is 0. The van der Waals surface area contributed by atoms with Crippen molar-refractivity contribution < 1.29 is 5.11 Å². The van der Waals surface area contributed by atoms with Crippen molar-refractivity contribution in [2.75, 3.05) is 13.1 Å². The Morgan fingerprint density at radius 3 is 2.73 bits per heavy atom. The Morgan fingerprint density at radius 1 is 1.53 bits per heavy atom. The third-order valence-electron chi connectivity index (χ3n) is 3.28. The van der Waals surface area contributed by atoms with Crippen LogP contribution < -0.4 is 5.73 Å². The number of aliphatic hydroxyl groups is 1. The standard InChI is InChI=1S/C11H23N3O/c1-3-9(10(12)13)14-7-4-5-11(2,15)6-8-14/h9,15H,3-8H2,1-2H3,(H3,12,13). The molecule has 15 heavy (non-hydrogen) atoms. The molecule has 88 valence electrons. The fourth-order valence-corrected chi connectivity index (χ4v) is 2.27. The highest BCUT2D eigenvalue weighted by Gasteiger charge is 2.28. The molecule has 1 fully saturated rings. The second kappa shape index (κ2) is 4.94. The van der Waals surface area contributed by atoms with Gasteiger partial charge in [0.25, 0.3) is 0 Å². The van der Waals surface area contributed by atoms with Crippen molar-refractivity contribution >= 4 is 5.84 Å². The lowest BCUT2D eigenvalue weighted by Crippen LogP contribution is -2.44. The maximum absolute atomic E-state index is 9.95. The Kier molecular flexibility index (Phi) is 4.11. The zero-order valence-corrected chi connectivity index (χ0v) is 9.79. The lowest BCUT2D eigenvalue weighted by Gasteiger charge is -2.29. The first-order valence-corrected chi connectivity index (χ1v) is 5.76. The van der Waals surface area contributed by atoms with Gasteiger partial charge in [-0.25, -0.2) is 0 Å². The minimum absolute atomic E-state index is 0.0545. The Labute approximate surface area is 92.0 Å². The molecule has 2 unspecified atom stereocenters. The largest absolute Gasteiger partial charge is 0.390 e. The lowest BCUT2D eigenvalue weighted by molar-refractivity contribution is 0.0440. The highest BCUT2D eigenvalue weighted by molar-refractivity contribution is 5.82. The average molecular weight is 213 g/mol. The number of nitrogens with one attached hydrogen (secondary N) is 1. The average Bonchev–Trinajstić information content (AvgIpc) is 2.28. The van der Waals surface area contributed by atoms with E-state index in [9.17, 15) is 5.11 Å². The number of nitrogens with zero attached hydrogens (tertiary/aromatic N) is 1. The van der Waals surface area contributed by atoms with E-state index < -0.39 is 5.60 Å². The molecule has 4 N–H and O–H groups in total. The van der Waals surface area contributed by atoms with Crippen LogP contribution in [0.3, 0.4) is 0 Å². The van der Waals surface area contributed by atoms with E-state index in [1.807, 2.05) is 6.92 Å². The normalized spacial score (nSPS) is 30.9. The molecule has 0 aromatic rings. The fraction of sp³-hybridized carbons (Fsp3) is 0.909. The first-order chi connectivity index (χ1) is 6.96. The third-order valence-corrected chi connectivity index (χ3v) is 3.28. The summed E-state index contributed by atoms with van der Waals surface area (Å²) in [6.45, 7) is 5.72. The van der Waals surface area contributed by atoms with Gasteiger partial charge in [-0.05, 0) is 39.2 Å². The summed E-state index contributed by atoms with van der Waals surface area (Å²) >= 11 is 0. The van der Waals surface area contributed by atoms with E-state index in [2.05, 4.69) is 11.8 Å². The van der Waals surface area contributed by atoms with Crippen molar-refractivity contribution in [3.63, 3.8) is 0 Å². The van der Waals surface area contributed by atoms with Crippen molar-refractivity contribution in [3.8, 4) is 0 Å². The van der Waals surface area contributed by atoms with Crippen LogP contribution in [-0.2, 0) is 0 Å². The Balaban J connectivity index is 2.60. The minimum atomic E-state index is -0.538. The number of rotatable bonds is 3.